The monoisotopic (exact) mass is 302 g/mol. The van der Waals surface area contributed by atoms with Crippen molar-refractivity contribution in [3.05, 3.63) is 34.3 Å². The minimum atomic E-state index is 0. The summed E-state index contributed by atoms with van der Waals surface area (Å²) < 4.78 is 0. The summed E-state index contributed by atoms with van der Waals surface area (Å²) in [6, 6.07) is 5.92. The van der Waals surface area contributed by atoms with Crippen LogP contribution in [0.15, 0.2) is 18.2 Å². The van der Waals surface area contributed by atoms with Crippen molar-refractivity contribution in [1.29, 1.82) is 0 Å². The van der Waals surface area contributed by atoms with Crippen LogP contribution in [0.3, 0.4) is 0 Å². The molecule has 0 spiro atoms. The number of aryl methyl sites for hydroxylation is 1. The van der Waals surface area contributed by atoms with Gasteiger partial charge in [-0.05, 0) is 50.6 Å². The molecule has 2 rings (SSSR count). The van der Waals surface area contributed by atoms with E-state index in [0.29, 0.717) is 16.6 Å². The Bertz CT molecular complexity index is 431. The van der Waals surface area contributed by atoms with Gasteiger partial charge in [-0.1, -0.05) is 11.6 Å². The number of piperidine rings is 1. The lowest BCUT2D eigenvalue weighted by Crippen LogP contribution is -2.46. The van der Waals surface area contributed by atoms with E-state index in [1.54, 1.807) is 6.07 Å². The molecule has 1 aliphatic heterocycles. The number of benzene rings is 1. The van der Waals surface area contributed by atoms with Crippen LogP contribution in [0.4, 0.5) is 0 Å². The first kappa shape index (κ1) is 16.3. The van der Waals surface area contributed by atoms with Gasteiger partial charge in [0.25, 0.3) is 5.91 Å². The second-order valence-electron chi connectivity index (χ2n) is 4.90. The van der Waals surface area contributed by atoms with Crippen molar-refractivity contribution in [2.45, 2.75) is 25.8 Å². The fraction of sp³-hybridized carbons (Fsp3) is 0.500. The Hall–Kier alpha value is -0.770. The third-order valence-electron chi connectivity index (χ3n) is 3.41. The lowest BCUT2D eigenvalue weighted by Gasteiger charge is -2.32. The topological polar surface area (TPSA) is 32.3 Å². The summed E-state index contributed by atoms with van der Waals surface area (Å²) in [5.41, 5.74) is 1.71. The van der Waals surface area contributed by atoms with E-state index in [-0.39, 0.29) is 18.3 Å². The van der Waals surface area contributed by atoms with Gasteiger partial charge in [-0.3, -0.25) is 4.79 Å². The molecule has 0 aromatic heterocycles. The van der Waals surface area contributed by atoms with Gasteiger partial charge in [0, 0.05) is 29.7 Å². The number of likely N-dealkylation sites (N-methyl/N-ethyl adjacent to an activating group) is 1. The second-order valence-corrected chi connectivity index (χ2v) is 5.33. The maximum Gasteiger partial charge on any atom is 0.253 e. The van der Waals surface area contributed by atoms with Crippen molar-refractivity contribution in [2.75, 3.05) is 20.1 Å². The summed E-state index contributed by atoms with van der Waals surface area (Å²) in [5.74, 6) is 0.0838. The Labute approximate surface area is 125 Å². The van der Waals surface area contributed by atoms with Crippen LogP contribution in [0.2, 0.25) is 5.02 Å². The molecule has 1 aromatic carbocycles. The van der Waals surface area contributed by atoms with Crippen molar-refractivity contribution in [3.63, 3.8) is 0 Å². The average Bonchev–Trinajstić information content (AvgIpc) is 2.37. The molecule has 1 amide bonds. The van der Waals surface area contributed by atoms with Gasteiger partial charge < -0.3 is 10.2 Å². The zero-order chi connectivity index (χ0) is 13.1. The van der Waals surface area contributed by atoms with Crippen LogP contribution in [-0.4, -0.2) is 37.0 Å². The van der Waals surface area contributed by atoms with Crippen LogP contribution >= 0.6 is 24.0 Å². The minimum absolute atomic E-state index is 0. The van der Waals surface area contributed by atoms with Gasteiger partial charge in [0.2, 0.25) is 0 Å². The SMILES string of the molecule is CNC1CCCN(C(=O)c2cc(C)cc(Cl)c2)C1.Cl. The van der Waals surface area contributed by atoms with Crippen molar-refractivity contribution in [3.8, 4) is 0 Å². The van der Waals surface area contributed by atoms with Crippen molar-refractivity contribution >= 4 is 29.9 Å². The van der Waals surface area contributed by atoms with Crippen LogP contribution in [0.5, 0.6) is 0 Å². The van der Waals surface area contributed by atoms with Gasteiger partial charge in [0.1, 0.15) is 0 Å². The summed E-state index contributed by atoms with van der Waals surface area (Å²) in [5, 5.41) is 3.87. The first-order chi connectivity index (χ1) is 8.60. The summed E-state index contributed by atoms with van der Waals surface area (Å²) >= 11 is 6.01. The van der Waals surface area contributed by atoms with Gasteiger partial charge in [-0.2, -0.15) is 0 Å². The predicted molar refractivity (Wildman–Crippen MR) is 81.4 cm³/mol. The standard InChI is InChI=1S/C14H19ClN2O.ClH/c1-10-6-11(8-12(15)7-10)14(18)17-5-3-4-13(9-17)16-2;/h6-8,13,16H,3-5,9H2,1-2H3;1H. The number of carbonyl (C=O) groups is 1. The van der Waals surface area contributed by atoms with E-state index in [0.717, 1.165) is 31.5 Å². The van der Waals surface area contributed by atoms with Gasteiger partial charge in [-0.25, -0.2) is 0 Å². The van der Waals surface area contributed by atoms with Crippen molar-refractivity contribution in [2.24, 2.45) is 0 Å². The molecule has 0 bridgehead atoms. The molecule has 1 unspecified atom stereocenters. The molecule has 0 aliphatic carbocycles. The van der Waals surface area contributed by atoms with E-state index in [1.807, 2.05) is 31.0 Å². The molecule has 3 nitrogen and oxygen atoms in total. The van der Waals surface area contributed by atoms with E-state index in [9.17, 15) is 4.79 Å². The minimum Gasteiger partial charge on any atom is -0.337 e. The molecule has 1 N–H and O–H groups in total. The molecule has 1 atom stereocenters. The zero-order valence-electron chi connectivity index (χ0n) is 11.3. The molecule has 19 heavy (non-hydrogen) atoms. The highest BCUT2D eigenvalue weighted by Gasteiger charge is 2.23. The maximum absolute atomic E-state index is 12.4. The van der Waals surface area contributed by atoms with E-state index in [1.165, 1.54) is 0 Å². The third-order valence-corrected chi connectivity index (χ3v) is 3.62. The second kappa shape index (κ2) is 7.13. The molecular formula is C14H20Cl2N2O. The zero-order valence-corrected chi connectivity index (χ0v) is 12.9. The molecule has 0 radical (unpaired) electrons. The highest BCUT2D eigenvalue weighted by atomic mass is 35.5. The lowest BCUT2D eigenvalue weighted by atomic mass is 10.0. The smallest absolute Gasteiger partial charge is 0.253 e. The Morgan fingerprint density at radius 1 is 1.42 bits per heavy atom. The highest BCUT2D eigenvalue weighted by molar-refractivity contribution is 6.31. The van der Waals surface area contributed by atoms with Crippen LogP contribution in [0, 0.1) is 6.92 Å². The molecule has 1 heterocycles. The van der Waals surface area contributed by atoms with E-state index in [4.69, 9.17) is 11.6 Å². The van der Waals surface area contributed by atoms with Crippen molar-refractivity contribution < 1.29 is 4.79 Å². The van der Waals surface area contributed by atoms with Gasteiger partial charge in [0.15, 0.2) is 0 Å². The highest BCUT2D eigenvalue weighted by Crippen LogP contribution is 2.18. The van der Waals surface area contributed by atoms with Gasteiger partial charge >= 0.3 is 0 Å². The van der Waals surface area contributed by atoms with Gasteiger partial charge in [-0.15, -0.1) is 12.4 Å². The summed E-state index contributed by atoms with van der Waals surface area (Å²) in [7, 11) is 1.95. The number of likely N-dealkylation sites (tertiary alicyclic amines) is 1. The molecule has 106 valence electrons. The van der Waals surface area contributed by atoms with Crippen LogP contribution in [-0.2, 0) is 0 Å². The van der Waals surface area contributed by atoms with Crippen LogP contribution in [0.1, 0.15) is 28.8 Å². The summed E-state index contributed by atoms with van der Waals surface area (Å²) in [4.78, 5) is 14.3. The first-order valence-electron chi connectivity index (χ1n) is 6.34. The Morgan fingerprint density at radius 3 is 2.79 bits per heavy atom. The predicted octanol–water partition coefficient (Wildman–Crippen LogP) is 2.89. The molecule has 1 saturated heterocycles. The molecular weight excluding hydrogens is 283 g/mol. The van der Waals surface area contributed by atoms with Crippen molar-refractivity contribution in [1.82, 2.24) is 10.2 Å². The van der Waals surface area contributed by atoms with E-state index < -0.39 is 0 Å². The maximum atomic E-state index is 12.4. The quantitative estimate of drug-likeness (QED) is 0.911. The lowest BCUT2D eigenvalue weighted by molar-refractivity contribution is 0.0698. The van der Waals surface area contributed by atoms with Crippen LogP contribution in [0.25, 0.3) is 0 Å². The molecule has 0 saturated carbocycles. The number of hydrogen-bond donors (Lipinski definition) is 1. The molecule has 5 heteroatoms. The van der Waals surface area contributed by atoms with Crippen LogP contribution < -0.4 is 5.32 Å². The average molecular weight is 303 g/mol. The molecule has 1 aliphatic rings. The number of hydrogen-bond acceptors (Lipinski definition) is 2. The fourth-order valence-electron chi connectivity index (χ4n) is 2.44. The largest absolute Gasteiger partial charge is 0.337 e. The van der Waals surface area contributed by atoms with Gasteiger partial charge in [0.05, 0.1) is 0 Å². The first-order valence-corrected chi connectivity index (χ1v) is 6.71. The summed E-state index contributed by atoms with van der Waals surface area (Å²) in [6.45, 7) is 3.57. The number of nitrogens with one attached hydrogen (secondary N) is 1. The number of nitrogens with zero attached hydrogens (tertiary/aromatic N) is 1. The van der Waals surface area contributed by atoms with E-state index >= 15 is 0 Å². The third kappa shape index (κ3) is 4.10. The molecule has 1 fully saturated rings. The number of rotatable bonds is 2. The number of carbonyl (C=O) groups excluding carboxylic acids is 1. The Morgan fingerprint density at radius 2 is 2.16 bits per heavy atom. The Balaban J connectivity index is 0.00000180. The number of amides is 1. The normalized spacial score (nSPS) is 18.9. The fourth-order valence-corrected chi connectivity index (χ4v) is 2.73. The molecule has 1 aromatic rings. The van der Waals surface area contributed by atoms with E-state index in [2.05, 4.69) is 5.32 Å². The summed E-state index contributed by atoms with van der Waals surface area (Å²) in [6.07, 6.45) is 2.19. The number of halogens is 2. The Kier molecular flexibility index (Phi) is 6.11.